The van der Waals surface area contributed by atoms with Gasteiger partial charge in [-0.15, -0.1) is 0 Å². The van der Waals surface area contributed by atoms with Crippen molar-refractivity contribution in [3.05, 3.63) is 24.3 Å². The fourth-order valence-corrected chi connectivity index (χ4v) is 4.52. The fourth-order valence-electron chi connectivity index (χ4n) is 2.96. The van der Waals surface area contributed by atoms with Crippen LogP contribution in [-0.2, 0) is 19.6 Å². The summed E-state index contributed by atoms with van der Waals surface area (Å²) in [5.74, 6) is -0.0534. The van der Waals surface area contributed by atoms with Gasteiger partial charge in [-0.1, -0.05) is 6.07 Å². The van der Waals surface area contributed by atoms with E-state index in [2.05, 4.69) is 5.32 Å². The second kappa shape index (κ2) is 6.46. The molecule has 8 heteroatoms. The van der Waals surface area contributed by atoms with Gasteiger partial charge in [0.2, 0.25) is 10.0 Å². The zero-order valence-electron chi connectivity index (χ0n) is 12.8. The Morgan fingerprint density at radius 1 is 1.39 bits per heavy atom. The molecule has 2 saturated heterocycles. The highest BCUT2D eigenvalue weighted by Gasteiger charge is 2.31. The topological polar surface area (TPSA) is 102 Å². The molecular weight excluding hydrogens is 318 g/mol. The Hall–Kier alpha value is -1.64. The maximum Gasteiger partial charge on any atom is 0.253 e. The summed E-state index contributed by atoms with van der Waals surface area (Å²) < 4.78 is 30.9. The third kappa shape index (κ3) is 3.49. The largest absolute Gasteiger partial charge is 0.364 e. The van der Waals surface area contributed by atoms with Crippen LogP contribution >= 0.6 is 0 Å². The summed E-state index contributed by atoms with van der Waals surface area (Å²) >= 11 is 0. The number of amides is 1. The van der Waals surface area contributed by atoms with Gasteiger partial charge in [0.1, 0.15) is 6.10 Å². The van der Waals surface area contributed by atoms with Gasteiger partial charge in [-0.3, -0.25) is 9.10 Å². The van der Waals surface area contributed by atoms with E-state index >= 15 is 0 Å². The van der Waals surface area contributed by atoms with Gasteiger partial charge >= 0.3 is 0 Å². The van der Waals surface area contributed by atoms with Crippen molar-refractivity contribution >= 4 is 27.3 Å². The van der Waals surface area contributed by atoms with Crippen LogP contribution in [0.25, 0.3) is 0 Å². The van der Waals surface area contributed by atoms with Gasteiger partial charge in [-0.05, 0) is 37.5 Å². The number of carbonyl (C=O) groups is 1. The third-order valence-corrected chi connectivity index (χ3v) is 6.03. The van der Waals surface area contributed by atoms with E-state index in [0.717, 1.165) is 6.42 Å². The zero-order valence-corrected chi connectivity index (χ0v) is 13.6. The lowest BCUT2D eigenvalue weighted by molar-refractivity contribution is -0.126. The molecule has 2 fully saturated rings. The van der Waals surface area contributed by atoms with Crippen LogP contribution in [0.5, 0.6) is 0 Å². The van der Waals surface area contributed by atoms with Crippen LogP contribution in [0.1, 0.15) is 19.3 Å². The molecule has 2 aliphatic heterocycles. The average Bonchev–Trinajstić information content (AvgIpc) is 3.13. The van der Waals surface area contributed by atoms with E-state index in [9.17, 15) is 13.2 Å². The Labute approximate surface area is 135 Å². The Kier molecular flexibility index (Phi) is 4.56. The summed E-state index contributed by atoms with van der Waals surface area (Å²) in [5, 5.41) is 2.79. The van der Waals surface area contributed by atoms with Crippen molar-refractivity contribution in [1.82, 2.24) is 0 Å². The van der Waals surface area contributed by atoms with Crippen molar-refractivity contribution in [3.63, 3.8) is 0 Å². The Morgan fingerprint density at radius 3 is 2.87 bits per heavy atom. The second-order valence-electron chi connectivity index (χ2n) is 5.84. The number of rotatable bonds is 4. The molecule has 0 bridgehead atoms. The highest BCUT2D eigenvalue weighted by Crippen LogP contribution is 2.27. The number of sulfonamides is 1. The summed E-state index contributed by atoms with van der Waals surface area (Å²) in [7, 11) is -3.23. The van der Waals surface area contributed by atoms with Crippen LogP contribution in [0, 0.1) is 0 Å². The molecule has 2 heterocycles. The molecule has 1 aromatic carbocycles. The molecule has 3 N–H and O–H groups in total. The van der Waals surface area contributed by atoms with E-state index in [1.807, 2.05) is 0 Å². The van der Waals surface area contributed by atoms with Gasteiger partial charge in [0, 0.05) is 18.8 Å². The Balaban J connectivity index is 1.70. The van der Waals surface area contributed by atoms with Gasteiger partial charge in [-0.2, -0.15) is 0 Å². The molecule has 7 nitrogen and oxygen atoms in total. The number of carbonyl (C=O) groups excluding carboxylic acids is 1. The minimum absolute atomic E-state index is 0.0631. The Morgan fingerprint density at radius 2 is 2.22 bits per heavy atom. The molecule has 0 radical (unpaired) electrons. The SMILES string of the molecule is NC[C@H]1CC[C@@H](C(=O)Nc2cccc(N3CCCS3(=O)=O)c2)O1. The lowest BCUT2D eigenvalue weighted by Gasteiger charge is -2.18. The predicted molar refractivity (Wildman–Crippen MR) is 87.8 cm³/mol. The summed E-state index contributed by atoms with van der Waals surface area (Å²) in [6.07, 6.45) is 1.48. The number of nitrogens with two attached hydrogens (primary N) is 1. The highest BCUT2D eigenvalue weighted by molar-refractivity contribution is 7.93. The molecule has 3 rings (SSSR count). The van der Waals surface area contributed by atoms with E-state index in [1.54, 1.807) is 24.3 Å². The van der Waals surface area contributed by atoms with Crippen molar-refractivity contribution in [1.29, 1.82) is 0 Å². The van der Waals surface area contributed by atoms with Crippen LogP contribution in [0.2, 0.25) is 0 Å². The van der Waals surface area contributed by atoms with Crippen LogP contribution < -0.4 is 15.4 Å². The predicted octanol–water partition coefficient (Wildman–Crippen LogP) is 0.671. The molecule has 126 valence electrons. The molecule has 2 atom stereocenters. The third-order valence-electron chi connectivity index (χ3n) is 4.16. The molecular formula is C15H21N3O4S. The molecule has 0 unspecified atom stereocenters. The minimum atomic E-state index is -3.23. The van der Waals surface area contributed by atoms with Gasteiger partial charge < -0.3 is 15.8 Å². The standard InChI is InChI=1S/C15H21N3O4S/c16-10-13-5-6-14(22-13)15(19)17-11-3-1-4-12(9-11)18-7-2-8-23(18,20)21/h1,3-4,9,13-14H,2,5-8,10,16H2,(H,17,19)/t13-,14+/m1/s1. The van der Waals surface area contributed by atoms with Crippen molar-refractivity contribution in [2.24, 2.45) is 5.73 Å². The van der Waals surface area contributed by atoms with Crippen molar-refractivity contribution < 1.29 is 17.9 Å². The molecule has 23 heavy (non-hydrogen) atoms. The second-order valence-corrected chi connectivity index (χ2v) is 7.85. The summed E-state index contributed by atoms with van der Waals surface area (Å²) in [4.78, 5) is 12.2. The fraction of sp³-hybridized carbons (Fsp3) is 0.533. The minimum Gasteiger partial charge on any atom is -0.364 e. The summed E-state index contributed by atoms with van der Waals surface area (Å²) in [6, 6.07) is 6.88. The van der Waals surface area contributed by atoms with E-state index < -0.39 is 16.1 Å². The molecule has 0 aromatic heterocycles. The van der Waals surface area contributed by atoms with Crippen LogP contribution in [0.3, 0.4) is 0 Å². The monoisotopic (exact) mass is 339 g/mol. The van der Waals surface area contributed by atoms with Gasteiger partial charge in [-0.25, -0.2) is 8.42 Å². The molecule has 1 amide bonds. The van der Waals surface area contributed by atoms with Crippen molar-refractivity contribution in [2.75, 3.05) is 28.5 Å². The summed E-state index contributed by atoms with van der Waals surface area (Å²) in [6.45, 7) is 0.885. The maximum absolute atomic E-state index is 12.2. The van der Waals surface area contributed by atoms with Crippen molar-refractivity contribution in [2.45, 2.75) is 31.5 Å². The van der Waals surface area contributed by atoms with Crippen molar-refractivity contribution in [3.8, 4) is 0 Å². The first-order valence-electron chi connectivity index (χ1n) is 7.76. The summed E-state index contributed by atoms with van der Waals surface area (Å²) in [5.41, 5.74) is 6.69. The maximum atomic E-state index is 12.2. The normalized spacial score (nSPS) is 26.4. The average molecular weight is 339 g/mol. The van der Waals surface area contributed by atoms with Gasteiger partial charge in [0.05, 0.1) is 17.5 Å². The van der Waals surface area contributed by atoms with Crippen LogP contribution in [-0.4, -0.2) is 45.4 Å². The number of hydrogen-bond donors (Lipinski definition) is 2. The lowest BCUT2D eigenvalue weighted by atomic mass is 10.2. The Bertz CT molecular complexity index is 692. The quantitative estimate of drug-likeness (QED) is 0.839. The van der Waals surface area contributed by atoms with Gasteiger partial charge in [0.25, 0.3) is 5.91 Å². The number of benzene rings is 1. The lowest BCUT2D eigenvalue weighted by Crippen LogP contribution is -2.30. The molecule has 0 aliphatic carbocycles. The van der Waals surface area contributed by atoms with E-state index in [-0.39, 0.29) is 17.8 Å². The van der Waals surface area contributed by atoms with E-state index in [1.165, 1.54) is 4.31 Å². The van der Waals surface area contributed by atoms with Gasteiger partial charge in [0.15, 0.2) is 0 Å². The molecule has 0 saturated carbocycles. The van der Waals surface area contributed by atoms with Crippen LogP contribution in [0.4, 0.5) is 11.4 Å². The van der Waals surface area contributed by atoms with E-state index in [0.29, 0.717) is 37.3 Å². The molecule has 2 aliphatic rings. The number of ether oxygens (including phenoxy) is 1. The smallest absolute Gasteiger partial charge is 0.253 e. The first-order chi connectivity index (χ1) is 11.0. The first kappa shape index (κ1) is 16.2. The molecule has 0 spiro atoms. The number of nitrogens with one attached hydrogen (secondary N) is 1. The highest BCUT2D eigenvalue weighted by atomic mass is 32.2. The number of anilines is 2. The van der Waals surface area contributed by atoms with Crippen LogP contribution in [0.15, 0.2) is 24.3 Å². The van der Waals surface area contributed by atoms with E-state index in [4.69, 9.17) is 10.5 Å². The zero-order chi connectivity index (χ0) is 16.4. The molecule has 1 aromatic rings. The number of nitrogens with zero attached hydrogens (tertiary/aromatic N) is 1. The number of hydrogen-bond acceptors (Lipinski definition) is 5. The first-order valence-corrected chi connectivity index (χ1v) is 9.37.